The second-order valence-electron chi connectivity index (χ2n) is 5.47. The molecule has 0 saturated heterocycles. The van der Waals surface area contributed by atoms with Crippen molar-refractivity contribution in [3.05, 3.63) is 35.1 Å². The third kappa shape index (κ3) is 3.51. The highest BCUT2D eigenvalue weighted by atomic mass is 19.1. The van der Waals surface area contributed by atoms with E-state index < -0.39 is 17.5 Å². The van der Waals surface area contributed by atoms with E-state index in [4.69, 9.17) is 0 Å². The lowest BCUT2D eigenvalue weighted by Gasteiger charge is -2.25. The lowest BCUT2D eigenvalue weighted by atomic mass is 9.98. The van der Waals surface area contributed by atoms with Gasteiger partial charge in [-0.2, -0.15) is 0 Å². The molecule has 1 aliphatic rings. The zero-order valence-corrected chi connectivity index (χ0v) is 11.9. The van der Waals surface area contributed by atoms with Gasteiger partial charge in [0.1, 0.15) is 11.4 Å². The smallest absolute Gasteiger partial charge is 0.329 e. The summed E-state index contributed by atoms with van der Waals surface area (Å²) in [5, 5.41) is 14.5. The van der Waals surface area contributed by atoms with Crippen molar-refractivity contribution in [1.29, 1.82) is 0 Å². The van der Waals surface area contributed by atoms with Crippen molar-refractivity contribution in [1.82, 2.24) is 10.6 Å². The monoisotopic (exact) mass is 294 g/mol. The normalized spacial score (nSPS) is 16.5. The van der Waals surface area contributed by atoms with Gasteiger partial charge in [-0.15, -0.1) is 0 Å². The maximum absolute atomic E-state index is 13.0. The van der Waals surface area contributed by atoms with Gasteiger partial charge in [-0.1, -0.05) is 18.9 Å². The van der Waals surface area contributed by atoms with Gasteiger partial charge in [0.15, 0.2) is 0 Å². The third-order valence-corrected chi connectivity index (χ3v) is 3.96. The fourth-order valence-electron chi connectivity index (χ4n) is 2.67. The molecule has 0 unspecified atom stereocenters. The van der Waals surface area contributed by atoms with E-state index >= 15 is 0 Å². The number of hydrogen-bond donors (Lipinski definition) is 3. The Bertz CT molecular complexity index is 554. The fraction of sp³-hybridized carbons (Fsp3) is 0.467. The minimum atomic E-state index is -1.15. The standard InChI is InChI=1S/C15H19FN2O3/c1-10-8-12(16)5-4-11(10)9-17-14(21)18-15(13(19)20)6-2-3-7-15/h4-5,8H,2-3,6-7,9H2,1H3,(H,19,20)(H2,17,18,21). The first-order chi connectivity index (χ1) is 9.93. The molecule has 0 heterocycles. The lowest BCUT2D eigenvalue weighted by molar-refractivity contribution is -0.144. The molecule has 2 rings (SSSR count). The molecule has 2 amide bonds. The number of nitrogens with one attached hydrogen (secondary N) is 2. The number of urea groups is 1. The zero-order valence-electron chi connectivity index (χ0n) is 11.9. The minimum absolute atomic E-state index is 0.230. The molecule has 1 fully saturated rings. The Morgan fingerprint density at radius 2 is 2.00 bits per heavy atom. The van der Waals surface area contributed by atoms with Crippen LogP contribution in [0.15, 0.2) is 18.2 Å². The number of carbonyl (C=O) groups is 2. The van der Waals surface area contributed by atoms with Crippen molar-refractivity contribution >= 4 is 12.0 Å². The number of benzene rings is 1. The number of aliphatic carboxylic acids is 1. The summed E-state index contributed by atoms with van der Waals surface area (Å²) < 4.78 is 13.0. The first kappa shape index (κ1) is 15.3. The Morgan fingerprint density at radius 3 is 2.57 bits per heavy atom. The van der Waals surface area contributed by atoms with Gasteiger partial charge in [0.25, 0.3) is 0 Å². The van der Waals surface area contributed by atoms with E-state index in [0.717, 1.165) is 24.0 Å². The number of halogens is 1. The van der Waals surface area contributed by atoms with Crippen molar-refractivity contribution < 1.29 is 19.1 Å². The minimum Gasteiger partial charge on any atom is -0.480 e. The van der Waals surface area contributed by atoms with Crippen LogP contribution in [0.2, 0.25) is 0 Å². The summed E-state index contributed by atoms with van der Waals surface area (Å²) in [7, 11) is 0. The average molecular weight is 294 g/mol. The number of aryl methyl sites for hydroxylation is 1. The Kier molecular flexibility index (Phi) is 4.45. The molecule has 6 heteroatoms. The SMILES string of the molecule is Cc1cc(F)ccc1CNC(=O)NC1(C(=O)O)CCCC1. The molecule has 114 valence electrons. The highest BCUT2D eigenvalue weighted by Gasteiger charge is 2.42. The number of hydrogen-bond acceptors (Lipinski definition) is 2. The van der Waals surface area contributed by atoms with Gasteiger partial charge in [0.2, 0.25) is 0 Å². The molecule has 1 aliphatic carbocycles. The highest BCUT2D eigenvalue weighted by molar-refractivity contribution is 5.86. The molecular formula is C15H19FN2O3. The summed E-state index contributed by atoms with van der Waals surface area (Å²) in [5.74, 6) is -1.32. The Morgan fingerprint density at radius 1 is 1.33 bits per heavy atom. The Labute approximate surface area is 122 Å². The maximum Gasteiger partial charge on any atom is 0.329 e. The number of carboxylic acids is 1. The number of amides is 2. The second kappa shape index (κ2) is 6.11. The van der Waals surface area contributed by atoms with E-state index in [1.54, 1.807) is 13.0 Å². The van der Waals surface area contributed by atoms with E-state index in [1.165, 1.54) is 12.1 Å². The van der Waals surface area contributed by atoms with Gasteiger partial charge in [0.05, 0.1) is 0 Å². The highest BCUT2D eigenvalue weighted by Crippen LogP contribution is 2.29. The molecule has 3 N–H and O–H groups in total. The first-order valence-electron chi connectivity index (χ1n) is 6.97. The summed E-state index contributed by atoms with van der Waals surface area (Å²) in [6.07, 6.45) is 2.49. The predicted octanol–water partition coefficient (Wildman–Crippen LogP) is 2.33. The quantitative estimate of drug-likeness (QED) is 0.797. The summed E-state index contributed by atoms with van der Waals surface area (Å²) in [5.41, 5.74) is 0.383. The molecule has 0 atom stereocenters. The number of carboxylic acid groups (broad SMARTS) is 1. The van der Waals surface area contributed by atoms with Gasteiger partial charge in [0, 0.05) is 6.54 Å². The molecule has 0 aliphatic heterocycles. The molecule has 0 spiro atoms. The molecular weight excluding hydrogens is 275 g/mol. The molecule has 5 nitrogen and oxygen atoms in total. The van der Waals surface area contributed by atoms with Crippen molar-refractivity contribution in [3.63, 3.8) is 0 Å². The van der Waals surface area contributed by atoms with E-state index in [-0.39, 0.29) is 12.4 Å². The fourth-order valence-corrected chi connectivity index (χ4v) is 2.67. The van der Waals surface area contributed by atoms with Crippen molar-refractivity contribution in [2.75, 3.05) is 0 Å². The van der Waals surface area contributed by atoms with Gasteiger partial charge >= 0.3 is 12.0 Å². The van der Waals surface area contributed by atoms with E-state index in [1.807, 2.05) is 0 Å². The van der Waals surface area contributed by atoms with Crippen LogP contribution >= 0.6 is 0 Å². The number of carbonyl (C=O) groups excluding carboxylic acids is 1. The number of rotatable bonds is 4. The topological polar surface area (TPSA) is 78.4 Å². The van der Waals surface area contributed by atoms with Gasteiger partial charge in [-0.05, 0) is 43.0 Å². The molecule has 0 aromatic heterocycles. The van der Waals surface area contributed by atoms with Crippen LogP contribution in [0.25, 0.3) is 0 Å². The average Bonchev–Trinajstić information content (AvgIpc) is 2.87. The van der Waals surface area contributed by atoms with E-state index in [9.17, 15) is 19.1 Å². The Hall–Kier alpha value is -2.11. The van der Waals surface area contributed by atoms with Crippen LogP contribution in [-0.4, -0.2) is 22.6 Å². The first-order valence-corrected chi connectivity index (χ1v) is 6.97. The van der Waals surface area contributed by atoms with Gasteiger partial charge in [-0.25, -0.2) is 14.0 Å². The van der Waals surface area contributed by atoms with Gasteiger partial charge in [-0.3, -0.25) is 0 Å². The Balaban J connectivity index is 1.94. The lowest BCUT2D eigenvalue weighted by Crippen LogP contribution is -2.55. The summed E-state index contributed by atoms with van der Waals surface area (Å²) in [6, 6.07) is 3.82. The largest absolute Gasteiger partial charge is 0.480 e. The van der Waals surface area contributed by atoms with Crippen LogP contribution < -0.4 is 10.6 Å². The van der Waals surface area contributed by atoms with Crippen molar-refractivity contribution in [2.24, 2.45) is 0 Å². The molecule has 1 aromatic carbocycles. The summed E-state index contributed by atoms with van der Waals surface area (Å²) in [4.78, 5) is 23.2. The van der Waals surface area contributed by atoms with Crippen LogP contribution in [0.1, 0.15) is 36.8 Å². The van der Waals surface area contributed by atoms with Crippen molar-refractivity contribution in [3.8, 4) is 0 Å². The van der Waals surface area contributed by atoms with Crippen LogP contribution in [-0.2, 0) is 11.3 Å². The molecule has 1 saturated carbocycles. The molecule has 0 radical (unpaired) electrons. The summed E-state index contributed by atoms with van der Waals surface area (Å²) >= 11 is 0. The zero-order chi connectivity index (χ0) is 15.5. The van der Waals surface area contributed by atoms with E-state index in [0.29, 0.717) is 12.8 Å². The molecule has 21 heavy (non-hydrogen) atoms. The van der Waals surface area contributed by atoms with Crippen LogP contribution in [0.5, 0.6) is 0 Å². The van der Waals surface area contributed by atoms with Crippen LogP contribution in [0.3, 0.4) is 0 Å². The second-order valence-corrected chi connectivity index (χ2v) is 5.47. The van der Waals surface area contributed by atoms with Gasteiger partial charge < -0.3 is 15.7 Å². The van der Waals surface area contributed by atoms with Crippen LogP contribution in [0, 0.1) is 12.7 Å². The van der Waals surface area contributed by atoms with Crippen molar-refractivity contribution in [2.45, 2.75) is 44.7 Å². The third-order valence-electron chi connectivity index (χ3n) is 3.96. The predicted molar refractivity (Wildman–Crippen MR) is 75.3 cm³/mol. The molecule has 0 bridgehead atoms. The maximum atomic E-state index is 13.0. The molecule has 1 aromatic rings. The van der Waals surface area contributed by atoms with E-state index in [2.05, 4.69) is 10.6 Å². The van der Waals surface area contributed by atoms with Crippen LogP contribution in [0.4, 0.5) is 9.18 Å². The summed E-state index contributed by atoms with van der Waals surface area (Å²) in [6.45, 7) is 1.99.